The summed E-state index contributed by atoms with van der Waals surface area (Å²) in [5.41, 5.74) is -2.82. The first-order valence-corrected chi connectivity index (χ1v) is 7.96. The molecule has 0 amide bonds. The molecule has 0 saturated heterocycles. The number of hydrogen-bond donors (Lipinski definition) is 0. The van der Waals surface area contributed by atoms with E-state index in [1.54, 1.807) is 0 Å². The molecule has 0 atom stereocenters. The quantitative estimate of drug-likeness (QED) is 0.417. The molecule has 0 radical (unpaired) electrons. The van der Waals surface area contributed by atoms with Gasteiger partial charge >= 0.3 is 12.4 Å². The smallest absolute Gasteiger partial charge is 0.246 e. The van der Waals surface area contributed by atoms with Crippen molar-refractivity contribution in [2.75, 3.05) is 0 Å². The van der Waals surface area contributed by atoms with Gasteiger partial charge in [-0.1, -0.05) is 48.0 Å². The van der Waals surface area contributed by atoms with E-state index in [1.807, 2.05) is 0 Å². The number of rotatable bonds is 2. The molecule has 1 nitrogen and oxygen atoms in total. The number of benzene rings is 2. The lowest BCUT2D eigenvalue weighted by atomic mass is 10.0. The average Bonchev–Trinajstić information content (AvgIpc) is 2.61. The molecule has 0 bridgehead atoms. The van der Waals surface area contributed by atoms with Gasteiger partial charge in [-0.3, -0.25) is 0 Å². The average molecular weight is 402 g/mol. The molecule has 0 fully saturated rings. The molecule has 0 spiro atoms. The fourth-order valence-corrected chi connectivity index (χ4v) is 2.88. The highest BCUT2D eigenvalue weighted by Crippen LogP contribution is 2.41. The van der Waals surface area contributed by atoms with Crippen molar-refractivity contribution in [1.29, 1.82) is 0 Å². The third kappa shape index (κ3) is 3.93. The normalized spacial score (nSPS) is 12.3. The molecule has 3 aromatic rings. The zero-order valence-corrected chi connectivity index (χ0v) is 14.1. The van der Waals surface area contributed by atoms with Gasteiger partial charge in [0.2, 0.25) is 0 Å². The summed E-state index contributed by atoms with van der Waals surface area (Å²) in [6, 6.07) is 11.8. The van der Waals surface area contributed by atoms with Crippen LogP contribution < -0.4 is 0 Å². The molecule has 1 aromatic heterocycles. The van der Waals surface area contributed by atoms with Crippen LogP contribution in [0.3, 0.4) is 0 Å². The predicted molar refractivity (Wildman–Crippen MR) is 90.1 cm³/mol. The Hall–Kier alpha value is -2.54. The van der Waals surface area contributed by atoms with E-state index in [4.69, 9.17) is 11.6 Å². The molecule has 3 rings (SSSR count). The Morgan fingerprint density at radius 1 is 0.630 bits per heavy atom. The maximum atomic E-state index is 13.3. The van der Waals surface area contributed by atoms with Gasteiger partial charge in [-0.25, -0.2) is 4.98 Å². The van der Waals surface area contributed by atoms with E-state index in [0.29, 0.717) is 0 Å². The van der Waals surface area contributed by atoms with Crippen LogP contribution in [0, 0.1) is 0 Å². The van der Waals surface area contributed by atoms with Gasteiger partial charge in [0.05, 0.1) is 27.5 Å². The highest BCUT2D eigenvalue weighted by molar-refractivity contribution is 6.33. The van der Waals surface area contributed by atoms with Gasteiger partial charge in [0.25, 0.3) is 0 Å². The summed E-state index contributed by atoms with van der Waals surface area (Å²) in [5, 5.41) is -0.0973. The van der Waals surface area contributed by atoms with Crippen molar-refractivity contribution in [2.45, 2.75) is 12.4 Å². The minimum Gasteiger partial charge on any atom is -0.246 e. The van der Waals surface area contributed by atoms with Crippen LogP contribution in [-0.4, -0.2) is 4.98 Å². The third-order valence-corrected chi connectivity index (χ3v) is 4.15. The van der Waals surface area contributed by atoms with Crippen LogP contribution >= 0.6 is 11.6 Å². The second-order valence-electron chi connectivity index (χ2n) is 5.61. The Balaban J connectivity index is 2.23. The lowest BCUT2D eigenvalue weighted by Gasteiger charge is -2.16. The number of nitrogens with zero attached hydrogens (tertiary/aromatic N) is 1. The first-order valence-electron chi connectivity index (χ1n) is 7.59. The summed E-state index contributed by atoms with van der Waals surface area (Å²) >= 11 is 6.02. The SMILES string of the molecule is FC(F)(F)c1ccccc1-c1ccc(Cl)c(-c2ccccc2C(F)(F)F)n1. The van der Waals surface area contributed by atoms with E-state index < -0.39 is 23.5 Å². The molecule has 1 heterocycles. The third-order valence-electron chi connectivity index (χ3n) is 3.84. The van der Waals surface area contributed by atoms with E-state index in [2.05, 4.69) is 4.98 Å². The first-order chi connectivity index (χ1) is 12.6. The minimum absolute atomic E-state index is 0.0973. The van der Waals surface area contributed by atoms with E-state index in [0.717, 1.165) is 12.1 Å². The maximum Gasteiger partial charge on any atom is 0.417 e. The molecule has 2 aromatic carbocycles. The standard InChI is InChI=1S/C19H10ClF6N/c20-15-9-10-16(11-5-1-3-7-13(11)18(21,22)23)27-17(15)12-6-2-4-8-14(12)19(24,25)26/h1-10H. The highest BCUT2D eigenvalue weighted by atomic mass is 35.5. The Morgan fingerprint density at radius 2 is 1.11 bits per heavy atom. The molecule has 0 unspecified atom stereocenters. The van der Waals surface area contributed by atoms with E-state index >= 15 is 0 Å². The molecule has 0 saturated carbocycles. The van der Waals surface area contributed by atoms with Gasteiger partial charge in [-0.2, -0.15) is 26.3 Å². The number of aromatic nitrogens is 1. The number of hydrogen-bond acceptors (Lipinski definition) is 1. The van der Waals surface area contributed by atoms with Crippen LogP contribution in [0.4, 0.5) is 26.3 Å². The Labute approximate surface area is 155 Å². The second kappa shape index (κ2) is 6.88. The van der Waals surface area contributed by atoms with Gasteiger partial charge in [0.1, 0.15) is 0 Å². The fraction of sp³-hybridized carbons (Fsp3) is 0.105. The van der Waals surface area contributed by atoms with Crippen LogP contribution in [-0.2, 0) is 12.4 Å². The van der Waals surface area contributed by atoms with Crippen LogP contribution in [0.5, 0.6) is 0 Å². The molecule has 8 heteroatoms. The van der Waals surface area contributed by atoms with Gasteiger partial charge in [0.15, 0.2) is 0 Å². The molecule has 27 heavy (non-hydrogen) atoms. The van der Waals surface area contributed by atoms with Crippen molar-refractivity contribution in [3.05, 3.63) is 76.8 Å². The summed E-state index contributed by atoms with van der Waals surface area (Å²) in [4.78, 5) is 4.03. The Kier molecular flexibility index (Phi) is 4.90. The number of alkyl halides is 6. The van der Waals surface area contributed by atoms with E-state index in [1.165, 1.54) is 48.5 Å². The van der Waals surface area contributed by atoms with E-state index in [9.17, 15) is 26.3 Å². The molecule has 0 N–H and O–H groups in total. The molecular weight excluding hydrogens is 392 g/mol. The fourth-order valence-electron chi connectivity index (χ4n) is 2.67. The van der Waals surface area contributed by atoms with Crippen molar-refractivity contribution in [3.63, 3.8) is 0 Å². The zero-order chi connectivity index (χ0) is 19.8. The molecule has 0 aliphatic rings. The highest BCUT2D eigenvalue weighted by Gasteiger charge is 2.35. The van der Waals surface area contributed by atoms with Crippen molar-refractivity contribution in [2.24, 2.45) is 0 Å². The second-order valence-corrected chi connectivity index (χ2v) is 6.02. The monoisotopic (exact) mass is 401 g/mol. The van der Waals surface area contributed by atoms with Crippen LogP contribution in [0.25, 0.3) is 22.5 Å². The number of halogens is 7. The lowest BCUT2D eigenvalue weighted by Crippen LogP contribution is -2.09. The minimum atomic E-state index is -4.67. The predicted octanol–water partition coefficient (Wildman–Crippen LogP) is 7.11. The molecular formula is C19H10ClF6N. The largest absolute Gasteiger partial charge is 0.417 e. The van der Waals surface area contributed by atoms with Crippen molar-refractivity contribution in [3.8, 4) is 22.5 Å². The summed E-state index contributed by atoms with van der Waals surface area (Å²) in [7, 11) is 0. The van der Waals surface area contributed by atoms with Crippen molar-refractivity contribution < 1.29 is 26.3 Å². The molecule has 0 aliphatic carbocycles. The lowest BCUT2D eigenvalue weighted by molar-refractivity contribution is -0.137. The summed E-state index contributed by atoms with van der Waals surface area (Å²) < 4.78 is 79.6. The Bertz CT molecular complexity index is 978. The van der Waals surface area contributed by atoms with Gasteiger partial charge in [-0.15, -0.1) is 0 Å². The van der Waals surface area contributed by atoms with Crippen LogP contribution in [0.15, 0.2) is 60.7 Å². The number of pyridine rings is 1. The summed E-state index contributed by atoms with van der Waals surface area (Å²) in [6.45, 7) is 0. The van der Waals surface area contributed by atoms with Gasteiger partial charge < -0.3 is 0 Å². The molecule has 0 aliphatic heterocycles. The maximum absolute atomic E-state index is 13.3. The first kappa shape index (κ1) is 19.2. The van der Waals surface area contributed by atoms with Crippen molar-refractivity contribution >= 4 is 11.6 Å². The Morgan fingerprint density at radius 3 is 1.67 bits per heavy atom. The van der Waals surface area contributed by atoms with Crippen molar-refractivity contribution in [1.82, 2.24) is 4.98 Å². The summed E-state index contributed by atoms with van der Waals surface area (Å²) in [5.74, 6) is 0. The zero-order valence-electron chi connectivity index (χ0n) is 13.4. The summed E-state index contributed by atoms with van der Waals surface area (Å²) in [6.07, 6.45) is -9.30. The van der Waals surface area contributed by atoms with Crippen LogP contribution in [0.2, 0.25) is 5.02 Å². The van der Waals surface area contributed by atoms with Gasteiger partial charge in [-0.05, 0) is 24.3 Å². The van der Waals surface area contributed by atoms with Crippen LogP contribution in [0.1, 0.15) is 11.1 Å². The molecule has 140 valence electrons. The van der Waals surface area contributed by atoms with E-state index in [-0.39, 0.29) is 27.5 Å². The topological polar surface area (TPSA) is 12.9 Å². The van der Waals surface area contributed by atoms with Gasteiger partial charge in [0, 0.05) is 11.1 Å².